The Balaban J connectivity index is 1.46. The summed E-state index contributed by atoms with van der Waals surface area (Å²) >= 11 is 0. The summed E-state index contributed by atoms with van der Waals surface area (Å²) in [4.78, 5) is 12.0. The van der Waals surface area contributed by atoms with Gasteiger partial charge < -0.3 is 13.9 Å². The second kappa shape index (κ2) is 7.40. The molecule has 1 aromatic carbocycles. The van der Waals surface area contributed by atoms with Crippen molar-refractivity contribution >= 4 is 16.7 Å². The number of unbranched alkanes of at least 4 members (excludes halogenated alkanes) is 1. The third-order valence-electron chi connectivity index (χ3n) is 5.88. The summed E-state index contributed by atoms with van der Waals surface area (Å²) in [6, 6.07) is 10.9. The van der Waals surface area contributed by atoms with Gasteiger partial charge in [-0.2, -0.15) is 0 Å². The minimum Gasteiger partial charge on any atom is -0.328 e. The van der Waals surface area contributed by atoms with E-state index in [4.69, 9.17) is 4.98 Å². The van der Waals surface area contributed by atoms with E-state index < -0.39 is 0 Å². The maximum absolute atomic E-state index is 5.03. The van der Waals surface area contributed by atoms with Crippen LogP contribution in [-0.2, 0) is 13.0 Å². The maximum atomic E-state index is 5.03. The monoisotopic (exact) mass is 373 g/mol. The largest absolute Gasteiger partial charge is 0.328 e. The molecule has 0 bridgehead atoms. The van der Waals surface area contributed by atoms with Crippen LogP contribution in [0.15, 0.2) is 48.9 Å². The highest BCUT2D eigenvalue weighted by Gasteiger charge is 2.16. The number of nitrogens with zero attached hydrogens (tertiary/aromatic N) is 5. The summed E-state index contributed by atoms with van der Waals surface area (Å²) in [7, 11) is 0. The molecule has 5 rings (SSSR count). The van der Waals surface area contributed by atoms with Crippen LogP contribution in [0.2, 0.25) is 0 Å². The minimum absolute atomic E-state index is 0.974. The van der Waals surface area contributed by atoms with Gasteiger partial charge in [-0.25, -0.2) is 9.97 Å². The zero-order valence-corrected chi connectivity index (χ0v) is 16.5. The molecular formula is C23H27N5. The number of pyridine rings is 1. The lowest BCUT2D eigenvalue weighted by molar-refractivity contribution is 0.252. The Bertz CT molecular complexity index is 1110. The number of hydrogen-bond acceptors (Lipinski definition) is 3. The number of imidazole rings is 2. The number of hydrogen-bond donors (Lipinski definition) is 0. The van der Waals surface area contributed by atoms with E-state index in [9.17, 15) is 0 Å². The number of aryl methyl sites for hydroxylation is 1. The van der Waals surface area contributed by atoms with Crippen molar-refractivity contribution < 1.29 is 0 Å². The average Bonchev–Trinajstić information content (AvgIpc) is 3.30. The van der Waals surface area contributed by atoms with Gasteiger partial charge in [-0.05, 0) is 61.3 Å². The molecule has 1 aliphatic heterocycles. The summed E-state index contributed by atoms with van der Waals surface area (Å²) in [5.74, 6) is 1.23. The van der Waals surface area contributed by atoms with Gasteiger partial charge in [0.2, 0.25) is 0 Å². The Hall–Kier alpha value is -2.66. The molecule has 0 atom stereocenters. The lowest BCUT2D eigenvalue weighted by Crippen LogP contribution is -2.31. The van der Waals surface area contributed by atoms with Gasteiger partial charge in [0.1, 0.15) is 11.5 Å². The van der Waals surface area contributed by atoms with Crippen LogP contribution in [0, 0.1) is 0 Å². The average molecular weight is 374 g/mol. The number of fused-ring (bicyclic) bond motifs is 4. The van der Waals surface area contributed by atoms with Crippen LogP contribution < -0.4 is 0 Å². The fraction of sp³-hybridized carbons (Fsp3) is 0.391. The van der Waals surface area contributed by atoms with Crippen LogP contribution >= 0.6 is 0 Å². The van der Waals surface area contributed by atoms with Crippen molar-refractivity contribution in [3.8, 4) is 11.1 Å². The van der Waals surface area contributed by atoms with Gasteiger partial charge in [0.05, 0.1) is 11.0 Å². The van der Waals surface area contributed by atoms with Crippen LogP contribution in [0.25, 0.3) is 27.8 Å². The van der Waals surface area contributed by atoms with E-state index in [0.29, 0.717) is 0 Å². The number of aromatic nitrogens is 4. The molecular weight excluding hydrogens is 346 g/mol. The van der Waals surface area contributed by atoms with Gasteiger partial charge in [-0.1, -0.05) is 19.4 Å². The molecule has 4 aromatic rings. The SMILES string of the molecule is CCCCN1CCCn2c(nc3cc(-c4ccc5nccn5c4)ccc32)CC1. The second-order valence-corrected chi connectivity index (χ2v) is 7.79. The Morgan fingerprint density at radius 3 is 2.89 bits per heavy atom. The van der Waals surface area contributed by atoms with E-state index in [1.807, 2.05) is 12.4 Å². The van der Waals surface area contributed by atoms with E-state index in [1.54, 1.807) is 0 Å². The van der Waals surface area contributed by atoms with E-state index in [-0.39, 0.29) is 0 Å². The first-order valence-corrected chi connectivity index (χ1v) is 10.5. The molecule has 0 saturated carbocycles. The van der Waals surface area contributed by atoms with Crippen molar-refractivity contribution in [2.45, 2.75) is 39.2 Å². The molecule has 5 heteroatoms. The molecule has 0 fully saturated rings. The highest BCUT2D eigenvalue weighted by atomic mass is 15.2. The van der Waals surface area contributed by atoms with Gasteiger partial charge in [0.25, 0.3) is 0 Å². The van der Waals surface area contributed by atoms with E-state index in [0.717, 1.165) is 30.7 Å². The minimum atomic E-state index is 0.974. The first-order chi connectivity index (χ1) is 13.8. The smallest absolute Gasteiger partial charge is 0.136 e. The first-order valence-electron chi connectivity index (χ1n) is 10.5. The Morgan fingerprint density at radius 1 is 1.04 bits per heavy atom. The quantitative estimate of drug-likeness (QED) is 0.532. The molecule has 0 spiro atoms. The summed E-state index contributed by atoms with van der Waals surface area (Å²) in [6.45, 7) is 6.87. The van der Waals surface area contributed by atoms with Gasteiger partial charge >= 0.3 is 0 Å². The Labute approximate surface area is 165 Å². The van der Waals surface area contributed by atoms with Crippen LogP contribution in [0.5, 0.6) is 0 Å². The van der Waals surface area contributed by atoms with E-state index >= 15 is 0 Å². The molecule has 0 N–H and O–H groups in total. The summed E-state index contributed by atoms with van der Waals surface area (Å²) in [6.07, 6.45) is 10.8. The molecule has 0 saturated heterocycles. The van der Waals surface area contributed by atoms with Crippen molar-refractivity contribution in [3.63, 3.8) is 0 Å². The zero-order valence-electron chi connectivity index (χ0n) is 16.5. The normalized spacial score (nSPS) is 15.6. The van der Waals surface area contributed by atoms with Gasteiger partial charge in [-0.3, -0.25) is 0 Å². The van der Waals surface area contributed by atoms with Crippen LogP contribution in [-0.4, -0.2) is 43.5 Å². The van der Waals surface area contributed by atoms with E-state index in [1.165, 1.54) is 54.8 Å². The molecule has 3 aromatic heterocycles. The van der Waals surface area contributed by atoms with E-state index in [2.05, 4.69) is 62.3 Å². The molecule has 5 nitrogen and oxygen atoms in total. The first kappa shape index (κ1) is 17.4. The Morgan fingerprint density at radius 2 is 1.96 bits per heavy atom. The fourth-order valence-corrected chi connectivity index (χ4v) is 4.32. The molecule has 1 aliphatic rings. The predicted molar refractivity (Wildman–Crippen MR) is 114 cm³/mol. The highest BCUT2D eigenvalue weighted by Crippen LogP contribution is 2.26. The number of benzene rings is 1. The molecule has 28 heavy (non-hydrogen) atoms. The van der Waals surface area contributed by atoms with Gasteiger partial charge in [-0.15, -0.1) is 0 Å². The highest BCUT2D eigenvalue weighted by molar-refractivity contribution is 5.82. The summed E-state index contributed by atoms with van der Waals surface area (Å²) in [5.41, 5.74) is 5.75. The zero-order chi connectivity index (χ0) is 18.9. The lowest BCUT2D eigenvalue weighted by Gasteiger charge is -2.25. The molecule has 4 heterocycles. The van der Waals surface area contributed by atoms with Crippen molar-refractivity contribution in [2.75, 3.05) is 19.6 Å². The Kier molecular flexibility index (Phi) is 4.61. The molecule has 0 aliphatic carbocycles. The van der Waals surface area contributed by atoms with Crippen molar-refractivity contribution in [3.05, 3.63) is 54.7 Å². The standard InChI is InChI=1S/C23H27N5/c1-2-3-11-26-12-4-13-28-21-7-5-18(16-20(21)25-23(28)9-14-26)19-6-8-22-24-10-15-27(22)17-19/h5-8,10,15-17H,2-4,9,11-14H2,1H3. The fourth-order valence-electron chi connectivity index (χ4n) is 4.32. The molecule has 0 radical (unpaired) electrons. The van der Waals surface area contributed by atoms with Crippen molar-refractivity contribution in [1.82, 2.24) is 23.8 Å². The number of rotatable bonds is 4. The third-order valence-corrected chi connectivity index (χ3v) is 5.88. The van der Waals surface area contributed by atoms with Crippen LogP contribution in [0.1, 0.15) is 32.0 Å². The second-order valence-electron chi connectivity index (χ2n) is 7.79. The third kappa shape index (κ3) is 3.20. The van der Waals surface area contributed by atoms with Gasteiger partial charge in [0.15, 0.2) is 0 Å². The summed E-state index contributed by atoms with van der Waals surface area (Å²) in [5, 5.41) is 0. The lowest BCUT2D eigenvalue weighted by atomic mass is 10.1. The summed E-state index contributed by atoms with van der Waals surface area (Å²) < 4.78 is 4.51. The van der Waals surface area contributed by atoms with Crippen LogP contribution in [0.4, 0.5) is 0 Å². The predicted octanol–water partition coefficient (Wildman–Crippen LogP) is 4.40. The van der Waals surface area contributed by atoms with Crippen molar-refractivity contribution in [1.29, 1.82) is 0 Å². The molecule has 0 amide bonds. The molecule has 144 valence electrons. The van der Waals surface area contributed by atoms with Crippen LogP contribution in [0.3, 0.4) is 0 Å². The topological polar surface area (TPSA) is 38.4 Å². The van der Waals surface area contributed by atoms with Gasteiger partial charge in [0, 0.05) is 38.1 Å². The van der Waals surface area contributed by atoms with Crippen molar-refractivity contribution in [2.24, 2.45) is 0 Å². The maximum Gasteiger partial charge on any atom is 0.136 e. The molecule has 0 unspecified atom stereocenters.